The van der Waals surface area contributed by atoms with E-state index in [1.165, 1.54) is 0 Å². The molecule has 2 nitrogen and oxygen atoms in total. The maximum absolute atomic E-state index is 9.72. The molecule has 3 heteroatoms. The molecule has 0 amide bonds. The Morgan fingerprint density at radius 2 is 2.38 bits per heavy atom. The first-order chi connectivity index (χ1) is 3.43. The van der Waals surface area contributed by atoms with Gasteiger partial charge >= 0.3 is 0 Å². The van der Waals surface area contributed by atoms with Gasteiger partial charge in [0.15, 0.2) is 11.7 Å². The van der Waals surface area contributed by atoms with Crippen LogP contribution in [0.5, 0.6) is 0 Å². The van der Waals surface area contributed by atoms with Crippen LogP contribution < -0.4 is 0 Å². The molecule has 0 bridgehead atoms. The minimum atomic E-state index is 0. The van der Waals surface area contributed by atoms with Gasteiger partial charge in [0.05, 0.1) is 6.61 Å². The predicted molar refractivity (Wildman–Crippen MR) is 24.4 cm³/mol. The quantitative estimate of drug-likeness (QED) is 0.419. The summed E-state index contributed by atoms with van der Waals surface area (Å²) in [6.07, 6.45) is 1.76. The second-order valence-corrected chi connectivity index (χ2v) is 1.48. The van der Waals surface area contributed by atoms with Gasteiger partial charge in [0, 0.05) is 25.9 Å². The summed E-state index contributed by atoms with van der Waals surface area (Å²) in [5.41, 5.74) is 0. The zero-order valence-corrected chi connectivity index (χ0v) is 6.03. The van der Waals surface area contributed by atoms with Crippen molar-refractivity contribution in [3.05, 3.63) is 5.76 Å². The summed E-state index contributed by atoms with van der Waals surface area (Å²) >= 11 is 0. The smallest absolute Gasteiger partial charge is 0.179 e. The Kier molecular flexibility index (Phi) is 3.76. The molecule has 0 spiro atoms. The van der Waals surface area contributed by atoms with E-state index in [2.05, 4.69) is 0 Å². The van der Waals surface area contributed by atoms with Crippen molar-refractivity contribution < 1.29 is 29.0 Å². The Morgan fingerprint density at radius 1 is 1.62 bits per heavy atom. The third kappa shape index (κ3) is 1.77. The van der Waals surface area contributed by atoms with E-state index < -0.39 is 0 Å². The van der Waals surface area contributed by atoms with E-state index in [4.69, 9.17) is 4.74 Å². The monoisotopic (exact) mass is 200 g/mol. The van der Waals surface area contributed by atoms with Crippen molar-refractivity contribution in [2.45, 2.75) is 12.8 Å². The fraction of sp³-hybridized carbons (Fsp3) is 0.600. The van der Waals surface area contributed by atoms with Gasteiger partial charge in [-0.3, -0.25) is 0 Å². The Labute approximate surface area is 60.7 Å². The van der Waals surface area contributed by atoms with Gasteiger partial charge in [-0.25, -0.2) is 4.79 Å². The topological polar surface area (TPSA) is 26.3 Å². The average Bonchev–Trinajstić information content (AvgIpc) is 2.14. The normalized spacial score (nSPS) is 16.2. The fourth-order valence-corrected chi connectivity index (χ4v) is 0.581. The van der Waals surface area contributed by atoms with Crippen molar-refractivity contribution in [2.75, 3.05) is 6.61 Å². The molecule has 0 N–H and O–H groups in total. The number of allylic oxidation sites excluding steroid dienone is 1. The summed E-state index contributed by atoms with van der Waals surface area (Å²) in [6.45, 7) is 0.699. The van der Waals surface area contributed by atoms with Crippen molar-refractivity contribution in [3.63, 3.8) is 0 Å². The van der Waals surface area contributed by atoms with Gasteiger partial charge < -0.3 is 4.74 Å². The minimum absolute atomic E-state index is 0. The summed E-state index contributed by atoms with van der Waals surface area (Å²) in [5.74, 6) is 2.19. The molecular formula is C5H6O2Ru. The van der Waals surface area contributed by atoms with Crippen LogP contribution in [0.3, 0.4) is 0 Å². The molecule has 1 aliphatic rings. The van der Waals surface area contributed by atoms with Crippen LogP contribution in [0, 0.1) is 0 Å². The van der Waals surface area contributed by atoms with E-state index in [0.29, 0.717) is 12.4 Å². The third-order valence-corrected chi connectivity index (χ3v) is 0.938. The van der Waals surface area contributed by atoms with Gasteiger partial charge in [0.25, 0.3) is 0 Å². The molecule has 46 valence electrons. The molecular weight excluding hydrogens is 193 g/mol. The molecule has 1 saturated heterocycles. The van der Waals surface area contributed by atoms with Crippen molar-refractivity contribution in [1.29, 1.82) is 0 Å². The summed E-state index contributed by atoms with van der Waals surface area (Å²) < 4.78 is 4.80. The number of hydrogen-bond donors (Lipinski definition) is 0. The summed E-state index contributed by atoms with van der Waals surface area (Å²) in [6, 6.07) is 0. The molecule has 0 aromatic heterocycles. The molecule has 0 unspecified atom stereocenters. The molecule has 0 radical (unpaired) electrons. The van der Waals surface area contributed by atoms with Crippen LogP contribution in [0.1, 0.15) is 12.8 Å². The van der Waals surface area contributed by atoms with Gasteiger partial charge in [-0.15, -0.1) is 0 Å². The molecule has 8 heavy (non-hydrogen) atoms. The van der Waals surface area contributed by atoms with Crippen molar-refractivity contribution in [3.8, 4) is 0 Å². The zero-order valence-electron chi connectivity index (χ0n) is 4.29. The van der Waals surface area contributed by atoms with Crippen LogP contribution in [-0.2, 0) is 29.0 Å². The number of rotatable bonds is 0. The van der Waals surface area contributed by atoms with Crippen LogP contribution in [-0.4, -0.2) is 12.5 Å². The molecule has 0 aliphatic carbocycles. The molecule has 1 rings (SSSR count). The van der Waals surface area contributed by atoms with Gasteiger partial charge in [0.2, 0.25) is 0 Å². The standard InChI is InChI=1S/C5H6O2.Ru/c6-4-5-2-1-3-7-5;/h1-3H2;. The Bertz CT molecular complexity index is 108. The van der Waals surface area contributed by atoms with Gasteiger partial charge in [-0.1, -0.05) is 0 Å². The number of hydrogen-bond acceptors (Lipinski definition) is 2. The van der Waals surface area contributed by atoms with Crippen molar-refractivity contribution in [2.24, 2.45) is 0 Å². The van der Waals surface area contributed by atoms with Crippen LogP contribution in [0.2, 0.25) is 0 Å². The molecule has 1 fully saturated rings. The SMILES string of the molecule is O=C=C1CCCO1.[Ru]. The van der Waals surface area contributed by atoms with Gasteiger partial charge in [-0.05, 0) is 6.42 Å². The Balaban J connectivity index is 0.000000490. The molecule has 1 aliphatic heterocycles. The molecule has 0 aromatic rings. The number of ether oxygens (including phenoxy) is 1. The third-order valence-electron chi connectivity index (χ3n) is 0.938. The number of carbonyl (C=O) groups excluding carboxylic acids is 1. The first-order valence-electron chi connectivity index (χ1n) is 2.30. The fourth-order valence-electron chi connectivity index (χ4n) is 0.581. The van der Waals surface area contributed by atoms with E-state index in [0.717, 1.165) is 12.8 Å². The summed E-state index contributed by atoms with van der Waals surface area (Å²) in [7, 11) is 0. The first-order valence-corrected chi connectivity index (χ1v) is 2.30. The minimum Gasteiger partial charge on any atom is -0.487 e. The van der Waals surface area contributed by atoms with E-state index in [1.54, 1.807) is 5.94 Å². The van der Waals surface area contributed by atoms with Gasteiger partial charge in [-0.2, -0.15) is 0 Å². The van der Waals surface area contributed by atoms with Crippen LogP contribution in [0.15, 0.2) is 5.76 Å². The zero-order chi connectivity index (χ0) is 5.11. The van der Waals surface area contributed by atoms with Crippen LogP contribution >= 0.6 is 0 Å². The largest absolute Gasteiger partial charge is 0.487 e. The molecule has 0 saturated carbocycles. The Morgan fingerprint density at radius 3 is 2.62 bits per heavy atom. The Hall–Kier alpha value is -0.127. The second-order valence-electron chi connectivity index (χ2n) is 1.48. The van der Waals surface area contributed by atoms with E-state index in [1.807, 2.05) is 0 Å². The maximum Gasteiger partial charge on any atom is 0.179 e. The molecule has 1 heterocycles. The first kappa shape index (κ1) is 7.87. The van der Waals surface area contributed by atoms with Crippen molar-refractivity contribution >= 4 is 5.94 Å². The van der Waals surface area contributed by atoms with Gasteiger partial charge in [0.1, 0.15) is 0 Å². The van der Waals surface area contributed by atoms with Crippen LogP contribution in [0.25, 0.3) is 0 Å². The van der Waals surface area contributed by atoms with Crippen LogP contribution in [0.4, 0.5) is 0 Å². The summed E-state index contributed by atoms with van der Waals surface area (Å²) in [4.78, 5) is 9.72. The van der Waals surface area contributed by atoms with E-state index in [9.17, 15) is 4.79 Å². The van der Waals surface area contributed by atoms with E-state index >= 15 is 0 Å². The predicted octanol–water partition coefficient (Wildman–Crippen LogP) is 0.510. The molecule has 0 aromatic carbocycles. The second kappa shape index (κ2) is 3.82. The molecule has 0 atom stereocenters. The van der Waals surface area contributed by atoms with E-state index in [-0.39, 0.29) is 19.5 Å². The van der Waals surface area contributed by atoms with Crippen molar-refractivity contribution in [1.82, 2.24) is 0 Å². The average molecular weight is 199 g/mol. The summed E-state index contributed by atoms with van der Waals surface area (Å²) in [5, 5.41) is 0. The maximum atomic E-state index is 9.72.